The van der Waals surface area contributed by atoms with E-state index in [1.54, 1.807) is 0 Å². The van der Waals surface area contributed by atoms with Crippen LogP contribution in [0.2, 0.25) is 0 Å². The molecule has 1 aromatic heterocycles. The van der Waals surface area contributed by atoms with Crippen molar-refractivity contribution in [2.45, 2.75) is 52.4 Å². The predicted molar refractivity (Wildman–Crippen MR) is 101 cm³/mol. The first-order chi connectivity index (χ1) is 10.7. The van der Waals surface area contributed by atoms with E-state index in [0.717, 1.165) is 0 Å². The molecule has 0 saturated carbocycles. The van der Waals surface area contributed by atoms with Gasteiger partial charge in [-0.3, -0.25) is 0 Å². The maximum atomic E-state index is 2.40. The van der Waals surface area contributed by atoms with Gasteiger partial charge < -0.3 is 4.57 Å². The molecule has 0 radical (unpaired) electrons. The molecular formula is C22H27N. The predicted octanol–water partition coefficient (Wildman–Crippen LogP) is 6.23. The molecule has 0 saturated heterocycles. The molecule has 0 aliphatic rings. The molecule has 3 aromatic rings. The lowest BCUT2D eigenvalue weighted by molar-refractivity contribution is 0.559. The molecule has 0 atom stereocenters. The van der Waals surface area contributed by atoms with Crippen LogP contribution in [0.1, 0.15) is 52.8 Å². The summed E-state index contributed by atoms with van der Waals surface area (Å²) in [6.45, 7) is 13.6. The van der Waals surface area contributed by atoms with Crippen molar-refractivity contribution < 1.29 is 0 Å². The van der Waals surface area contributed by atoms with Gasteiger partial charge in [-0.05, 0) is 35.2 Å². The number of fused-ring (bicyclic) bond motifs is 1. The third kappa shape index (κ3) is 2.93. The van der Waals surface area contributed by atoms with Crippen molar-refractivity contribution in [3.05, 3.63) is 65.9 Å². The molecule has 3 rings (SSSR count). The minimum absolute atomic E-state index is 0.0989. The molecule has 23 heavy (non-hydrogen) atoms. The van der Waals surface area contributed by atoms with E-state index in [2.05, 4.69) is 101 Å². The third-order valence-electron chi connectivity index (χ3n) is 4.47. The van der Waals surface area contributed by atoms with Gasteiger partial charge in [-0.25, -0.2) is 0 Å². The molecule has 1 heteroatoms. The zero-order valence-corrected chi connectivity index (χ0v) is 15.1. The summed E-state index contributed by atoms with van der Waals surface area (Å²) in [4.78, 5) is 0. The molecule has 1 heterocycles. The zero-order valence-electron chi connectivity index (χ0n) is 15.1. The van der Waals surface area contributed by atoms with Gasteiger partial charge in [0, 0.05) is 22.2 Å². The Kier molecular flexibility index (Phi) is 3.63. The normalized spacial score (nSPS) is 12.8. The fourth-order valence-corrected chi connectivity index (χ4v) is 3.10. The topological polar surface area (TPSA) is 4.93 Å². The number of nitrogens with zero attached hydrogens (tertiary/aromatic N) is 1. The Labute approximate surface area is 140 Å². The van der Waals surface area contributed by atoms with Crippen LogP contribution in [0.15, 0.2) is 54.6 Å². The third-order valence-corrected chi connectivity index (χ3v) is 4.47. The highest BCUT2D eigenvalue weighted by molar-refractivity contribution is 5.83. The molecule has 0 N–H and O–H groups in total. The lowest BCUT2D eigenvalue weighted by Gasteiger charge is -2.23. The maximum Gasteiger partial charge on any atom is 0.0531 e. The van der Waals surface area contributed by atoms with Crippen molar-refractivity contribution in [1.82, 2.24) is 4.57 Å². The van der Waals surface area contributed by atoms with Crippen molar-refractivity contribution in [3.8, 4) is 5.69 Å². The molecule has 0 bridgehead atoms. The molecule has 1 nitrogen and oxygen atoms in total. The Bertz CT molecular complexity index is 821. The quantitative estimate of drug-likeness (QED) is 0.502. The molecule has 120 valence electrons. The minimum Gasteiger partial charge on any atom is -0.313 e. The SMILES string of the molecule is CC(C)(C)c1ccc(-n2c(C(C)(C)C)cc3ccccc32)cc1. The van der Waals surface area contributed by atoms with Crippen LogP contribution in [0.4, 0.5) is 0 Å². The van der Waals surface area contributed by atoms with Crippen LogP contribution < -0.4 is 0 Å². The molecule has 0 aliphatic carbocycles. The van der Waals surface area contributed by atoms with Crippen LogP contribution in [0.25, 0.3) is 16.6 Å². The van der Waals surface area contributed by atoms with E-state index < -0.39 is 0 Å². The van der Waals surface area contributed by atoms with Crippen molar-refractivity contribution >= 4 is 10.9 Å². The summed E-state index contributed by atoms with van der Waals surface area (Å²) in [5.74, 6) is 0. The van der Waals surface area contributed by atoms with Crippen LogP contribution in [-0.4, -0.2) is 4.57 Å². The molecule has 0 fully saturated rings. The van der Waals surface area contributed by atoms with Gasteiger partial charge in [0.1, 0.15) is 0 Å². The Hall–Kier alpha value is -2.02. The number of aromatic nitrogens is 1. The molecular weight excluding hydrogens is 278 g/mol. The highest BCUT2D eigenvalue weighted by Crippen LogP contribution is 2.33. The van der Waals surface area contributed by atoms with E-state index in [1.165, 1.54) is 27.8 Å². The average molecular weight is 305 g/mol. The zero-order chi connectivity index (χ0) is 16.8. The summed E-state index contributed by atoms with van der Waals surface area (Å²) in [7, 11) is 0. The van der Waals surface area contributed by atoms with Crippen molar-refractivity contribution in [2.75, 3.05) is 0 Å². The lowest BCUT2D eigenvalue weighted by atomic mass is 9.87. The second-order valence-electron chi connectivity index (χ2n) is 8.47. The van der Waals surface area contributed by atoms with Crippen LogP contribution in [0.5, 0.6) is 0 Å². The summed E-state index contributed by atoms with van der Waals surface area (Å²) in [6, 6.07) is 20.0. The largest absolute Gasteiger partial charge is 0.313 e. The Balaban J connectivity index is 2.22. The Morgan fingerprint density at radius 2 is 1.30 bits per heavy atom. The van der Waals surface area contributed by atoms with Gasteiger partial charge in [0.2, 0.25) is 0 Å². The number of para-hydroxylation sites is 1. The van der Waals surface area contributed by atoms with Crippen molar-refractivity contribution in [1.29, 1.82) is 0 Å². The highest BCUT2D eigenvalue weighted by atomic mass is 15.0. The fraction of sp³-hybridized carbons (Fsp3) is 0.364. The molecule has 0 spiro atoms. The number of hydrogen-bond donors (Lipinski definition) is 0. The first kappa shape index (κ1) is 15.9. The minimum atomic E-state index is 0.0989. The summed E-state index contributed by atoms with van der Waals surface area (Å²) in [6.07, 6.45) is 0. The smallest absolute Gasteiger partial charge is 0.0531 e. The molecule has 0 aliphatic heterocycles. The summed E-state index contributed by atoms with van der Waals surface area (Å²) >= 11 is 0. The van der Waals surface area contributed by atoms with E-state index >= 15 is 0 Å². The van der Waals surface area contributed by atoms with Gasteiger partial charge in [0.05, 0.1) is 5.52 Å². The van der Waals surface area contributed by atoms with Crippen LogP contribution in [0.3, 0.4) is 0 Å². The summed E-state index contributed by atoms with van der Waals surface area (Å²) in [5, 5.41) is 1.30. The standard InChI is InChI=1S/C22H27N/c1-21(2,3)17-11-13-18(14-12-17)23-19-10-8-7-9-16(19)15-20(23)22(4,5)6/h7-15H,1-6H3. The van der Waals surface area contributed by atoms with E-state index in [1.807, 2.05) is 0 Å². The second-order valence-corrected chi connectivity index (χ2v) is 8.47. The molecule has 0 amide bonds. The summed E-state index contributed by atoms with van der Waals surface area (Å²) in [5.41, 5.74) is 5.52. The average Bonchev–Trinajstić information content (AvgIpc) is 2.86. The van der Waals surface area contributed by atoms with Gasteiger partial charge in [-0.1, -0.05) is 71.9 Å². The fourth-order valence-electron chi connectivity index (χ4n) is 3.10. The van der Waals surface area contributed by atoms with Gasteiger partial charge >= 0.3 is 0 Å². The van der Waals surface area contributed by atoms with Crippen molar-refractivity contribution in [2.24, 2.45) is 0 Å². The highest BCUT2D eigenvalue weighted by Gasteiger charge is 2.22. The first-order valence-corrected chi connectivity index (χ1v) is 8.40. The van der Waals surface area contributed by atoms with Gasteiger partial charge in [0.15, 0.2) is 0 Å². The molecule has 2 aromatic carbocycles. The lowest BCUT2D eigenvalue weighted by Crippen LogP contribution is -2.17. The summed E-state index contributed by atoms with van der Waals surface area (Å²) < 4.78 is 2.40. The Morgan fingerprint density at radius 1 is 0.696 bits per heavy atom. The van der Waals surface area contributed by atoms with Gasteiger partial charge in [-0.2, -0.15) is 0 Å². The van der Waals surface area contributed by atoms with Crippen LogP contribution in [-0.2, 0) is 10.8 Å². The monoisotopic (exact) mass is 305 g/mol. The second kappa shape index (κ2) is 5.26. The van der Waals surface area contributed by atoms with Crippen LogP contribution >= 0.6 is 0 Å². The van der Waals surface area contributed by atoms with Crippen LogP contribution in [0, 0.1) is 0 Å². The van der Waals surface area contributed by atoms with E-state index in [-0.39, 0.29) is 10.8 Å². The van der Waals surface area contributed by atoms with Crippen molar-refractivity contribution in [3.63, 3.8) is 0 Å². The van der Waals surface area contributed by atoms with Gasteiger partial charge in [0.25, 0.3) is 0 Å². The number of benzene rings is 2. The van der Waals surface area contributed by atoms with E-state index in [9.17, 15) is 0 Å². The number of rotatable bonds is 1. The van der Waals surface area contributed by atoms with E-state index in [4.69, 9.17) is 0 Å². The first-order valence-electron chi connectivity index (χ1n) is 8.40. The molecule has 0 unspecified atom stereocenters. The van der Waals surface area contributed by atoms with Gasteiger partial charge in [-0.15, -0.1) is 0 Å². The van der Waals surface area contributed by atoms with E-state index in [0.29, 0.717) is 0 Å². The number of hydrogen-bond acceptors (Lipinski definition) is 0. The Morgan fingerprint density at radius 3 is 1.87 bits per heavy atom. The maximum absolute atomic E-state index is 2.40.